The topological polar surface area (TPSA) is 97.1 Å². The second kappa shape index (κ2) is 6.60. The van der Waals surface area contributed by atoms with Gasteiger partial charge in [-0.15, -0.1) is 0 Å². The van der Waals surface area contributed by atoms with Crippen LogP contribution in [0, 0.1) is 0 Å². The average molecular weight is 363 g/mol. The second-order valence-corrected chi connectivity index (χ2v) is 6.34. The minimum Gasteiger partial charge on any atom is -0.459 e. The summed E-state index contributed by atoms with van der Waals surface area (Å²) in [6, 6.07) is 15.8. The summed E-state index contributed by atoms with van der Waals surface area (Å²) in [5.41, 5.74) is 0.0716. The highest BCUT2D eigenvalue weighted by molar-refractivity contribution is 5.82. The van der Waals surface area contributed by atoms with Gasteiger partial charge in [-0.25, -0.2) is 4.79 Å². The molecule has 2 aromatic heterocycles. The molecule has 0 saturated carbocycles. The van der Waals surface area contributed by atoms with Crippen LogP contribution in [0.15, 0.2) is 68.6 Å². The highest BCUT2D eigenvalue weighted by Crippen LogP contribution is 2.23. The van der Waals surface area contributed by atoms with Gasteiger partial charge in [-0.05, 0) is 31.2 Å². The van der Waals surface area contributed by atoms with E-state index in [1.807, 2.05) is 37.3 Å². The Morgan fingerprint density at radius 3 is 2.70 bits per heavy atom. The Morgan fingerprint density at radius 2 is 1.89 bits per heavy atom. The third-order valence-corrected chi connectivity index (χ3v) is 4.46. The van der Waals surface area contributed by atoms with E-state index >= 15 is 0 Å². The maximum absolute atomic E-state index is 12.5. The molecule has 0 aliphatic heterocycles. The standard InChI is InChI=1S/C20H17N3O4/c1-12(17-10-13-6-2-5-9-16(13)27-17)21-18(24)11-23-15-8-4-3-7-14(15)19(25)22-20(23)26/h2-10,12H,11H2,1H3,(H,21,24)(H,22,25,26)/t12-/m1/s1. The van der Waals surface area contributed by atoms with E-state index in [-0.39, 0.29) is 18.5 Å². The van der Waals surface area contributed by atoms with Gasteiger partial charge in [0.05, 0.1) is 16.9 Å². The fourth-order valence-corrected chi connectivity index (χ4v) is 3.12. The minimum atomic E-state index is -0.620. The van der Waals surface area contributed by atoms with Crippen LogP contribution in [0.2, 0.25) is 0 Å². The van der Waals surface area contributed by atoms with Crippen LogP contribution < -0.4 is 16.6 Å². The van der Waals surface area contributed by atoms with Crippen LogP contribution in [0.3, 0.4) is 0 Å². The summed E-state index contributed by atoms with van der Waals surface area (Å²) >= 11 is 0. The Balaban J connectivity index is 1.58. The number of carbonyl (C=O) groups is 1. The lowest BCUT2D eigenvalue weighted by Crippen LogP contribution is -2.37. The van der Waals surface area contributed by atoms with Crippen LogP contribution >= 0.6 is 0 Å². The number of aromatic amines is 1. The molecule has 4 aromatic rings. The predicted molar refractivity (Wildman–Crippen MR) is 102 cm³/mol. The Labute approximate surface area is 153 Å². The van der Waals surface area contributed by atoms with Gasteiger partial charge in [-0.2, -0.15) is 0 Å². The molecule has 2 aromatic carbocycles. The number of benzene rings is 2. The summed E-state index contributed by atoms with van der Waals surface area (Å²) in [4.78, 5) is 38.8. The second-order valence-electron chi connectivity index (χ2n) is 6.34. The molecule has 4 rings (SSSR count). The molecule has 2 heterocycles. The Morgan fingerprint density at radius 1 is 1.15 bits per heavy atom. The van der Waals surface area contributed by atoms with E-state index < -0.39 is 11.2 Å². The number of hydrogen-bond donors (Lipinski definition) is 2. The largest absolute Gasteiger partial charge is 0.459 e. The SMILES string of the molecule is C[C@@H](NC(=O)Cn1c(=O)[nH]c(=O)c2ccccc21)c1cc2ccccc2o1. The molecule has 0 saturated heterocycles. The number of amides is 1. The molecule has 0 aliphatic carbocycles. The fourth-order valence-electron chi connectivity index (χ4n) is 3.12. The van der Waals surface area contributed by atoms with Crippen molar-refractivity contribution >= 4 is 27.8 Å². The minimum absolute atomic E-state index is 0.208. The first-order chi connectivity index (χ1) is 13.0. The maximum Gasteiger partial charge on any atom is 0.329 e. The number of carbonyl (C=O) groups excluding carboxylic acids is 1. The van der Waals surface area contributed by atoms with Crippen molar-refractivity contribution in [1.29, 1.82) is 0 Å². The van der Waals surface area contributed by atoms with E-state index in [0.717, 1.165) is 11.0 Å². The Hall–Kier alpha value is -3.61. The van der Waals surface area contributed by atoms with Crippen molar-refractivity contribution in [2.75, 3.05) is 0 Å². The fraction of sp³-hybridized carbons (Fsp3) is 0.150. The Kier molecular flexibility index (Phi) is 4.12. The molecule has 136 valence electrons. The van der Waals surface area contributed by atoms with Crippen molar-refractivity contribution in [3.8, 4) is 0 Å². The summed E-state index contributed by atoms with van der Waals surface area (Å²) in [5.74, 6) is 0.269. The van der Waals surface area contributed by atoms with Crippen LogP contribution in [0.4, 0.5) is 0 Å². The number of furan rings is 1. The predicted octanol–water partition coefficient (Wildman–Crippen LogP) is 2.31. The first kappa shape index (κ1) is 16.8. The van der Waals surface area contributed by atoms with Crippen molar-refractivity contribution in [2.24, 2.45) is 0 Å². The first-order valence-electron chi connectivity index (χ1n) is 8.52. The first-order valence-corrected chi connectivity index (χ1v) is 8.52. The van der Waals surface area contributed by atoms with Crippen LogP contribution in [0.25, 0.3) is 21.9 Å². The van der Waals surface area contributed by atoms with Crippen molar-refractivity contribution < 1.29 is 9.21 Å². The molecule has 0 radical (unpaired) electrons. The van der Waals surface area contributed by atoms with Crippen molar-refractivity contribution in [1.82, 2.24) is 14.9 Å². The molecule has 7 nitrogen and oxygen atoms in total. The zero-order chi connectivity index (χ0) is 19.0. The van der Waals surface area contributed by atoms with E-state index in [2.05, 4.69) is 10.3 Å². The summed E-state index contributed by atoms with van der Waals surface area (Å²) in [7, 11) is 0. The number of aromatic nitrogens is 2. The lowest BCUT2D eigenvalue weighted by molar-refractivity contribution is -0.122. The van der Waals surface area contributed by atoms with Gasteiger partial charge >= 0.3 is 5.69 Å². The van der Waals surface area contributed by atoms with Gasteiger partial charge in [0.2, 0.25) is 5.91 Å². The smallest absolute Gasteiger partial charge is 0.329 e. The molecule has 0 unspecified atom stereocenters. The molecule has 0 aliphatic rings. The number of nitrogens with one attached hydrogen (secondary N) is 2. The molecule has 2 N–H and O–H groups in total. The van der Waals surface area contributed by atoms with E-state index in [1.165, 1.54) is 4.57 Å². The van der Waals surface area contributed by atoms with Gasteiger partial charge in [0, 0.05) is 5.39 Å². The average Bonchev–Trinajstić information content (AvgIpc) is 3.09. The number of fused-ring (bicyclic) bond motifs is 2. The van der Waals surface area contributed by atoms with Crippen LogP contribution in [0.5, 0.6) is 0 Å². The van der Waals surface area contributed by atoms with Gasteiger partial charge < -0.3 is 9.73 Å². The van der Waals surface area contributed by atoms with Crippen molar-refractivity contribution in [3.05, 3.63) is 81.2 Å². The number of nitrogens with zero attached hydrogens (tertiary/aromatic N) is 1. The van der Waals surface area contributed by atoms with Gasteiger partial charge in [0.25, 0.3) is 5.56 Å². The monoisotopic (exact) mass is 363 g/mol. The molecule has 0 fully saturated rings. The normalized spacial score (nSPS) is 12.3. The van der Waals surface area contributed by atoms with Crippen LogP contribution in [-0.2, 0) is 11.3 Å². The van der Waals surface area contributed by atoms with E-state index in [0.29, 0.717) is 16.7 Å². The lowest BCUT2D eigenvalue weighted by Gasteiger charge is -2.13. The molecular weight excluding hydrogens is 346 g/mol. The molecule has 1 atom stereocenters. The highest BCUT2D eigenvalue weighted by atomic mass is 16.3. The third kappa shape index (κ3) is 3.15. The van der Waals surface area contributed by atoms with Gasteiger partial charge in [0.15, 0.2) is 0 Å². The zero-order valence-electron chi connectivity index (χ0n) is 14.6. The van der Waals surface area contributed by atoms with Gasteiger partial charge in [0.1, 0.15) is 17.9 Å². The van der Waals surface area contributed by atoms with Crippen molar-refractivity contribution in [2.45, 2.75) is 19.5 Å². The third-order valence-electron chi connectivity index (χ3n) is 4.46. The summed E-state index contributed by atoms with van der Waals surface area (Å²) < 4.78 is 7.01. The quantitative estimate of drug-likeness (QED) is 0.581. The zero-order valence-corrected chi connectivity index (χ0v) is 14.6. The number of hydrogen-bond acceptors (Lipinski definition) is 4. The van der Waals surface area contributed by atoms with Gasteiger partial charge in [-0.1, -0.05) is 30.3 Å². The molecule has 7 heteroatoms. The van der Waals surface area contributed by atoms with Crippen LogP contribution in [-0.4, -0.2) is 15.5 Å². The Bertz CT molecular complexity index is 1230. The van der Waals surface area contributed by atoms with E-state index in [1.54, 1.807) is 24.3 Å². The summed E-state index contributed by atoms with van der Waals surface area (Å²) in [6.07, 6.45) is 0. The highest BCUT2D eigenvalue weighted by Gasteiger charge is 2.16. The number of para-hydroxylation sites is 2. The lowest BCUT2D eigenvalue weighted by atomic mass is 10.2. The molecular formula is C20H17N3O4. The summed E-state index contributed by atoms with van der Waals surface area (Å²) in [5, 5.41) is 4.14. The molecule has 27 heavy (non-hydrogen) atoms. The summed E-state index contributed by atoms with van der Waals surface area (Å²) in [6.45, 7) is 1.60. The van der Waals surface area contributed by atoms with E-state index in [4.69, 9.17) is 4.42 Å². The van der Waals surface area contributed by atoms with Crippen LogP contribution in [0.1, 0.15) is 18.7 Å². The van der Waals surface area contributed by atoms with E-state index in [9.17, 15) is 14.4 Å². The van der Waals surface area contributed by atoms with Gasteiger partial charge in [-0.3, -0.25) is 19.1 Å². The maximum atomic E-state index is 12.5. The number of H-pyrrole nitrogens is 1. The molecule has 0 bridgehead atoms. The van der Waals surface area contributed by atoms with Crippen molar-refractivity contribution in [3.63, 3.8) is 0 Å². The molecule has 1 amide bonds. The number of rotatable bonds is 4. The molecule has 0 spiro atoms.